The van der Waals surface area contributed by atoms with Gasteiger partial charge < -0.3 is 20.3 Å². The summed E-state index contributed by atoms with van der Waals surface area (Å²) in [6, 6.07) is 7.43. The summed E-state index contributed by atoms with van der Waals surface area (Å²) in [6.07, 6.45) is 0. The maximum atomic E-state index is 12.2. The number of hydrogen-bond acceptors (Lipinski definition) is 4. The van der Waals surface area contributed by atoms with E-state index < -0.39 is 5.91 Å². The van der Waals surface area contributed by atoms with Crippen molar-refractivity contribution in [2.75, 3.05) is 12.4 Å². The van der Waals surface area contributed by atoms with Crippen LogP contribution in [0.25, 0.3) is 0 Å². The minimum Gasteiger partial charge on any atom is -0.507 e. The fourth-order valence-corrected chi connectivity index (χ4v) is 2.98. The first-order chi connectivity index (χ1) is 9.93. The van der Waals surface area contributed by atoms with E-state index in [1.165, 1.54) is 25.3 Å². The molecule has 0 atom stereocenters. The van der Waals surface area contributed by atoms with Gasteiger partial charge in [-0.25, -0.2) is 0 Å². The molecule has 0 aliphatic carbocycles. The highest BCUT2D eigenvalue weighted by Crippen LogP contribution is 2.35. The molecule has 0 fully saturated rings. The number of phenolic OH excluding ortho intramolecular Hbond substituents is 2. The van der Waals surface area contributed by atoms with Gasteiger partial charge in [0.15, 0.2) is 0 Å². The van der Waals surface area contributed by atoms with Gasteiger partial charge in [-0.15, -0.1) is 0 Å². The molecule has 0 saturated heterocycles. The van der Waals surface area contributed by atoms with Crippen molar-refractivity contribution in [3.63, 3.8) is 0 Å². The molecule has 0 bridgehead atoms. The van der Waals surface area contributed by atoms with Crippen molar-refractivity contribution in [3.05, 3.63) is 44.8 Å². The number of hydrogen-bond donors (Lipinski definition) is 3. The number of ether oxygens (including phenoxy) is 1. The molecule has 1 amide bonds. The van der Waals surface area contributed by atoms with E-state index in [-0.39, 0.29) is 17.1 Å². The smallest absolute Gasteiger partial charge is 0.263 e. The highest BCUT2D eigenvalue weighted by atomic mass is 79.9. The summed E-state index contributed by atoms with van der Waals surface area (Å²) in [5, 5.41) is 22.0. The largest absolute Gasteiger partial charge is 0.507 e. The van der Waals surface area contributed by atoms with E-state index in [1.54, 1.807) is 12.1 Å². The molecule has 2 rings (SSSR count). The van der Waals surface area contributed by atoms with Crippen LogP contribution >= 0.6 is 31.9 Å². The van der Waals surface area contributed by atoms with Crippen LogP contribution in [0.3, 0.4) is 0 Å². The molecule has 7 heteroatoms. The first-order valence-corrected chi connectivity index (χ1v) is 7.38. The molecule has 0 spiro atoms. The molecule has 2 aromatic rings. The van der Waals surface area contributed by atoms with E-state index >= 15 is 0 Å². The number of benzene rings is 2. The van der Waals surface area contributed by atoms with E-state index in [2.05, 4.69) is 37.2 Å². The summed E-state index contributed by atoms with van der Waals surface area (Å²) in [4.78, 5) is 12.2. The van der Waals surface area contributed by atoms with Crippen molar-refractivity contribution < 1.29 is 19.7 Å². The zero-order chi connectivity index (χ0) is 15.6. The SMILES string of the molecule is COc1cc(NC(=O)c2c(O)cccc2O)c(Br)cc1Br. The zero-order valence-corrected chi connectivity index (χ0v) is 14.0. The number of anilines is 1. The Kier molecular flexibility index (Phi) is 4.74. The van der Waals surface area contributed by atoms with Crippen LogP contribution in [-0.4, -0.2) is 23.2 Å². The highest BCUT2D eigenvalue weighted by Gasteiger charge is 2.18. The van der Waals surface area contributed by atoms with Gasteiger partial charge in [-0.2, -0.15) is 0 Å². The fraction of sp³-hybridized carbons (Fsp3) is 0.0714. The van der Waals surface area contributed by atoms with Crippen LogP contribution in [0.4, 0.5) is 5.69 Å². The molecule has 2 aromatic carbocycles. The number of aromatic hydroxyl groups is 2. The number of nitrogens with one attached hydrogen (secondary N) is 1. The Morgan fingerprint density at radius 1 is 1.14 bits per heavy atom. The van der Waals surface area contributed by atoms with E-state index in [0.717, 1.165) is 4.47 Å². The number of carbonyl (C=O) groups excluding carboxylic acids is 1. The topological polar surface area (TPSA) is 78.8 Å². The third-order valence-electron chi connectivity index (χ3n) is 2.74. The predicted octanol–water partition coefficient (Wildman–Crippen LogP) is 3.88. The van der Waals surface area contributed by atoms with Crippen molar-refractivity contribution in [2.45, 2.75) is 0 Å². The second-order valence-electron chi connectivity index (χ2n) is 4.09. The summed E-state index contributed by atoms with van der Waals surface area (Å²) < 4.78 is 6.50. The van der Waals surface area contributed by atoms with Gasteiger partial charge in [0.25, 0.3) is 5.91 Å². The minimum atomic E-state index is -0.629. The number of rotatable bonds is 3. The van der Waals surface area contributed by atoms with Gasteiger partial charge in [0.1, 0.15) is 22.8 Å². The molecule has 21 heavy (non-hydrogen) atoms. The van der Waals surface area contributed by atoms with Gasteiger partial charge in [-0.1, -0.05) is 6.07 Å². The Morgan fingerprint density at radius 3 is 2.33 bits per heavy atom. The molecule has 3 N–H and O–H groups in total. The Balaban J connectivity index is 2.36. The van der Waals surface area contributed by atoms with Crippen molar-refractivity contribution in [1.29, 1.82) is 0 Å². The predicted molar refractivity (Wildman–Crippen MR) is 86.1 cm³/mol. The summed E-state index contributed by atoms with van der Waals surface area (Å²) in [5.74, 6) is -0.689. The van der Waals surface area contributed by atoms with Crippen LogP contribution in [0.15, 0.2) is 39.3 Å². The van der Waals surface area contributed by atoms with Gasteiger partial charge in [-0.05, 0) is 50.1 Å². The van der Waals surface area contributed by atoms with Crippen LogP contribution in [0.2, 0.25) is 0 Å². The Hall–Kier alpha value is -1.73. The Morgan fingerprint density at radius 2 is 1.76 bits per heavy atom. The summed E-state index contributed by atoms with van der Waals surface area (Å²) >= 11 is 6.65. The first kappa shape index (κ1) is 15.7. The summed E-state index contributed by atoms with van der Waals surface area (Å²) in [5.41, 5.74) is 0.258. The molecule has 0 aliphatic heterocycles. The summed E-state index contributed by atoms with van der Waals surface area (Å²) in [7, 11) is 1.51. The molecule has 0 saturated carbocycles. The second-order valence-corrected chi connectivity index (χ2v) is 5.80. The van der Waals surface area contributed by atoms with E-state index in [9.17, 15) is 15.0 Å². The number of phenols is 2. The lowest BCUT2D eigenvalue weighted by Crippen LogP contribution is -2.13. The Bertz CT molecular complexity index is 683. The number of amides is 1. The lowest BCUT2D eigenvalue weighted by atomic mass is 10.1. The minimum absolute atomic E-state index is 0.189. The molecular weight excluding hydrogens is 406 g/mol. The van der Waals surface area contributed by atoms with Crippen molar-refractivity contribution in [3.8, 4) is 17.2 Å². The lowest BCUT2D eigenvalue weighted by Gasteiger charge is -2.12. The number of carbonyl (C=O) groups is 1. The lowest BCUT2D eigenvalue weighted by molar-refractivity contribution is 0.102. The van der Waals surface area contributed by atoms with E-state index in [4.69, 9.17) is 4.74 Å². The van der Waals surface area contributed by atoms with Gasteiger partial charge in [0.2, 0.25) is 0 Å². The highest BCUT2D eigenvalue weighted by molar-refractivity contribution is 9.11. The quantitative estimate of drug-likeness (QED) is 0.709. The van der Waals surface area contributed by atoms with Crippen LogP contribution in [0.5, 0.6) is 17.2 Å². The van der Waals surface area contributed by atoms with Gasteiger partial charge in [-0.3, -0.25) is 4.79 Å². The molecular formula is C14H11Br2NO4. The Labute approximate surface area is 137 Å². The van der Waals surface area contributed by atoms with Crippen LogP contribution in [-0.2, 0) is 0 Å². The second kappa shape index (κ2) is 6.36. The molecule has 0 aromatic heterocycles. The van der Waals surface area contributed by atoms with Crippen molar-refractivity contribution in [2.24, 2.45) is 0 Å². The maximum Gasteiger partial charge on any atom is 0.263 e. The van der Waals surface area contributed by atoms with Gasteiger partial charge in [0.05, 0.1) is 17.3 Å². The number of halogens is 2. The standard InChI is InChI=1S/C14H11Br2NO4/c1-21-12-6-9(7(15)5-8(12)16)17-14(20)13-10(18)3-2-4-11(13)19/h2-6,18-19H,1H3,(H,17,20). The van der Waals surface area contributed by atoms with Gasteiger partial charge in [0, 0.05) is 10.5 Å². The van der Waals surface area contributed by atoms with Crippen LogP contribution < -0.4 is 10.1 Å². The number of methoxy groups -OCH3 is 1. The normalized spacial score (nSPS) is 10.2. The van der Waals surface area contributed by atoms with Gasteiger partial charge >= 0.3 is 0 Å². The molecule has 5 nitrogen and oxygen atoms in total. The first-order valence-electron chi connectivity index (χ1n) is 5.79. The van der Waals surface area contributed by atoms with E-state index in [1.807, 2.05) is 0 Å². The molecule has 0 aliphatic rings. The fourth-order valence-electron chi connectivity index (χ4n) is 1.73. The monoisotopic (exact) mass is 415 g/mol. The van der Waals surface area contributed by atoms with Crippen LogP contribution in [0.1, 0.15) is 10.4 Å². The molecule has 0 unspecified atom stereocenters. The van der Waals surface area contributed by atoms with E-state index in [0.29, 0.717) is 15.9 Å². The zero-order valence-electron chi connectivity index (χ0n) is 10.9. The van der Waals surface area contributed by atoms with Crippen LogP contribution in [0, 0.1) is 0 Å². The molecule has 0 radical (unpaired) electrons. The summed E-state index contributed by atoms with van der Waals surface area (Å²) in [6.45, 7) is 0. The average molecular weight is 417 g/mol. The third kappa shape index (κ3) is 3.30. The maximum absolute atomic E-state index is 12.2. The molecule has 0 heterocycles. The molecule has 110 valence electrons. The van der Waals surface area contributed by atoms with Crippen molar-refractivity contribution >= 4 is 43.5 Å². The third-order valence-corrected chi connectivity index (χ3v) is 4.01. The van der Waals surface area contributed by atoms with Crippen molar-refractivity contribution in [1.82, 2.24) is 0 Å². The average Bonchev–Trinajstić information content (AvgIpc) is 2.41.